The minimum absolute atomic E-state index is 0.159. The van der Waals surface area contributed by atoms with Gasteiger partial charge in [-0.05, 0) is 30.7 Å². The summed E-state index contributed by atoms with van der Waals surface area (Å²) in [7, 11) is 0. The molecule has 0 spiro atoms. The molecule has 0 aromatic heterocycles. The Morgan fingerprint density at radius 2 is 2.06 bits per heavy atom. The molecule has 1 aromatic rings. The zero-order valence-corrected chi connectivity index (χ0v) is 9.56. The second-order valence-corrected chi connectivity index (χ2v) is 4.79. The van der Waals surface area contributed by atoms with Crippen LogP contribution in [0.5, 0.6) is 0 Å². The molecule has 5 heteroatoms. The van der Waals surface area contributed by atoms with E-state index in [2.05, 4.69) is 5.32 Å². The maximum absolute atomic E-state index is 12.5. The van der Waals surface area contributed by atoms with E-state index >= 15 is 0 Å². The van der Waals surface area contributed by atoms with Crippen molar-refractivity contribution >= 4 is 5.69 Å². The Bertz CT molecular complexity index is 420. The molecule has 1 heterocycles. The van der Waals surface area contributed by atoms with Gasteiger partial charge in [0.25, 0.3) is 0 Å². The van der Waals surface area contributed by atoms with E-state index < -0.39 is 11.7 Å². The van der Waals surface area contributed by atoms with Gasteiger partial charge in [-0.25, -0.2) is 0 Å². The summed E-state index contributed by atoms with van der Waals surface area (Å²) in [4.78, 5) is 0. The van der Waals surface area contributed by atoms with Crippen LogP contribution in [0.4, 0.5) is 18.9 Å². The van der Waals surface area contributed by atoms with Gasteiger partial charge in [0.05, 0.1) is 5.56 Å². The standard InChI is InChI=1S/C12H15F3N2/c1-11(4-5-17-7-11)9-3-2-8(6-10(9)16)12(13,14)15/h2-3,6,17H,4-5,7,16H2,1H3. The Morgan fingerprint density at radius 3 is 2.53 bits per heavy atom. The zero-order chi connectivity index (χ0) is 12.7. The van der Waals surface area contributed by atoms with Gasteiger partial charge in [0.2, 0.25) is 0 Å². The Morgan fingerprint density at radius 1 is 1.35 bits per heavy atom. The zero-order valence-electron chi connectivity index (χ0n) is 9.56. The van der Waals surface area contributed by atoms with Crippen molar-refractivity contribution in [1.29, 1.82) is 0 Å². The topological polar surface area (TPSA) is 38.0 Å². The largest absolute Gasteiger partial charge is 0.416 e. The Labute approximate surface area is 98.0 Å². The van der Waals surface area contributed by atoms with Crippen LogP contribution >= 0.6 is 0 Å². The quantitative estimate of drug-likeness (QED) is 0.745. The molecule has 0 radical (unpaired) electrons. The van der Waals surface area contributed by atoms with Gasteiger partial charge < -0.3 is 11.1 Å². The van der Waals surface area contributed by atoms with Crippen molar-refractivity contribution in [2.75, 3.05) is 18.8 Å². The molecule has 0 aliphatic carbocycles. The molecule has 3 N–H and O–H groups in total. The molecule has 1 fully saturated rings. The normalized spacial score (nSPS) is 25.2. The number of nitrogen functional groups attached to an aromatic ring is 1. The molecule has 0 bridgehead atoms. The third kappa shape index (κ3) is 2.24. The summed E-state index contributed by atoms with van der Waals surface area (Å²) >= 11 is 0. The minimum atomic E-state index is -4.33. The SMILES string of the molecule is CC1(c2ccc(C(F)(F)F)cc2N)CCNC1. The fourth-order valence-electron chi connectivity index (χ4n) is 2.34. The van der Waals surface area contributed by atoms with Gasteiger partial charge >= 0.3 is 6.18 Å². The van der Waals surface area contributed by atoms with E-state index in [1.807, 2.05) is 6.92 Å². The third-order valence-corrected chi connectivity index (χ3v) is 3.40. The summed E-state index contributed by atoms with van der Waals surface area (Å²) < 4.78 is 37.5. The van der Waals surface area contributed by atoms with Crippen molar-refractivity contribution in [2.45, 2.75) is 24.9 Å². The molecule has 94 valence electrons. The first kappa shape index (κ1) is 12.2. The summed E-state index contributed by atoms with van der Waals surface area (Å²) in [6.07, 6.45) is -3.44. The summed E-state index contributed by atoms with van der Waals surface area (Å²) in [5.41, 5.74) is 5.94. The molecule has 0 saturated carbocycles. The lowest BCUT2D eigenvalue weighted by Gasteiger charge is -2.25. The summed E-state index contributed by atoms with van der Waals surface area (Å²) in [5, 5.41) is 3.21. The molecule has 0 amide bonds. The maximum atomic E-state index is 12.5. The van der Waals surface area contributed by atoms with Crippen LogP contribution in [-0.2, 0) is 11.6 Å². The summed E-state index contributed by atoms with van der Waals surface area (Å²) in [6.45, 7) is 3.64. The van der Waals surface area contributed by atoms with Crippen LogP contribution in [0.2, 0.25) is 0 Å². The number of anilines is 1. The molecule has 1 saturated heterocycles. The van der Waals surface area contributed by atoms with E-state index in [-0.39, 0.29) is 11.1 Å². The average molecular weight is 244 g/mol. The number of halogens is 3. The van der Waals surface area contributed by atoms with Crippen molar-refractivity contribution in [2.24, 2.45) is 0 Å². The van der Waals surface area contributed by atoms with E-state index in [4.69, 9.17) is 5.73 Å². The van der Waals surface area contributed by atoms with E-state index in [0.29, 0.717) is 0 Å². The molecule has 1 aliphatic heterocycles. The number of benzene rings is 1. The fraction of sp³-hybridized carbons (Fsp3) is 0.500. The van der Waals surface area contributed by atoms with Crippen molar-refractivity contribution in [1.82, 2.24) is 5.32 Å². The van der Waals surface area contributed by atoms with Gasteiger partial charge in [-0.15, -0.1) is 0 Å². The van der Waals surface area contributed by atoms with E-state index in [0.717, 1.165) is 37.2 Å². The molecule has 1 aromatic carbocycles. The fourth-order valence-corrected chi connectivity index (χ4v) is 2.34. The van der Waals surface area contributed by atoms with Crippen LogP contribution in [-0.4, -0.2) is 13.1 Å². The molecule has 2 nitrogen and oxygen atoms in total. The Kier molecular flexibility index (Phi) is 2.81. The molecule has 1 atom stereocenters. The second-order valence-electron chi connectivity index (χ2n) is 4.79. The molecule has 2 rings (SSSR count). The number of hydrogen-bond donors (Lipinski definition) is 2. The second kappa shape index (κ2) is 3.91. The van der Waals surface area contributed by atoms with Crippen LogP contribution in [0.1, 0.15) is 24.5 Å². The van der Waals surface area contributed by atoms with Gasteiger partial charge in [0, 0.05) is 17.6 Å². The number of alkyl halides is 3. The number of nitrogens with two attached hydrogens (primary N) is 1. The van der Waals surface area contributed by atoms with Gasteiger partial charge in [-0.1, -0.05) is 13.0 Å². The van der Waals surface area contributed by atoms with Crippen LogP contribution in [0.15, 0.2) is 18.2 Å². The van der Waals surface area contributed by atoms with Crippen molar-refractivity contribution < 1.29 is 13.2 Å². The van der Waals surface area contributed by atoms with Gasteiger partial charge in [-0.2, -0.15) is 13.2 Å². The minimum Gasteiger partial charge on any atom is -0.398 e. The highest BCUT2D eigenvalue weighted by Gasteiger charge is 2.35. The summed E-state index contributed by atoms with van der Waals surface area (Å²) in [6, 6.07) is 3.64. The Balaban J connectivity index is 2.38. The first-order valence-electron chi connectivity index (χ1n) is 5.51. The monoisotopic (exact) mass is 244 g/mol. The number of rotatable bonds is 1. The predicted molar refractivity (Wildman–Crippen MR) is 60.7 cm³/mol. The third-order valence-electron chi connectivity index (χ3n) is 3.40. The highest BCUT2D eigenvalue weighted by Crippen LogP contribution is 2.37. The van der Waals surface area contributed by atoms with Crippen LogP contribution in [0, 0.1) is 0 Å². The maximum Gasteiger partial charge on any atom is 0.416 e. The van der Waals surface area contributed by atoms with E-state index in [1.54, 1.807) is 0 Å². The lowest BCUT2D eigenvalue weighted by molar-refractivity contribution is -0.137. The smallest absolute Gasteiger partial charge is 0.398 e. The van der Waals surface area contributed by atoms with Gasteiger partial charge in [0.1, 0.15) is 0 Å². The van der Waals surface area contributed by atoms with Crippen molar-refractivity contribution in [3.05, 3.63) is 29.3 Å². The van der Waals surface area contributed by atoms with Gasteiger partial charge in [0.15, 0.2) is 0 Å². The van der Waals surface area contributed by atoms with Crippen LogP contribution in [0.25, 0.3) is 0 Å². The number of nitrogens with one attached hydrogen (secondary N) is 1. The van der Waals surface area contributed by atoms with Crippen molar-refractivity contribution in [3.63, 3.8) is 0 Å². The highest BCUT2D eigenvalue weighted by atomic mass is 19.4. The predicted octanol–water partition coefficient (Wildman–Crippen LogP) is 2.54. The first-order valence-corrected chi connectivity index (χ1v) is 5.51. The van der Waals surface area contributed by atoms with E-state index in [9.17, 15) is 13.2 Å². The molecule has 1 aliphatic rings. The Hall–Kier alpha value is -1.23. The molecule has 1 unspecified atom stereocenters. The lowest BCUT2D eigenvalue weighted by atomic mass is 9.80. The average Bonchev–Trinajstić information content (AvgIpc) is 2.64. The van der Waals surface area contributed by atoms with Crippen LogP contribution < -0.4 is 11.1 Å². The van der Waals surface area contributed by atoms with E-state index in [1.165, 1.54) is 6.07 Å². The molecule has 17 heavy (non-hydrogen) atoms. The van der Waals surface area contributed by atoms with Gasteiger partial charge in [-0.3, -0.25) is 0 Å². The molecular formula is C12H15F3N2. The first-order chi connectivity index (χ1) is 7.83. The molecular weight excluding hydrogens is 229 g/mol. The highest BCUT2D eigenvalue weighted by molar-refractivity contribution is 5.54. The number of hydrogen-bond acceptors (Lipinski definition) is 2. The van der Waals surface area contributed by atoms with Crippen molar-refractivity contribution in [3.8, 4) is 0 Å². The van der Waals surface area contributed by atoms with Crippen LogP contribution in [0.3, 0.4) is 0 Å². The lowest BCUT2D eigenvalue weighted by Crippen LogP contribution is -2.26. The summed E-state index contributed by atoms with van der Waals surface area (Å²) in [5.74, 6) is 0.